The molecule has 1 aromatic rings. The van der Waals surface area contributed by atoms with E-state index < -0.39 is 11.5 Å². The number of alkyl halides is 2. The van der Waals surface area contributed by atoms with Crippen molar-refractivity contribution >= 4 is 0 Å². The van der Waals surface area contributed by atoms with E-state index in [1.807, 2.05) is 0 Å². The number of nitrogens with two attached hydrogens (primary N) is 1. The molecule has 0 aliphatic rings. The molecule has 0 heterocycles. The molecule has 0 aliphatic heterocycles. The first-order valence-corrected chi connectivity index (χ1v) is 4.61. The first kappa shape index (κ1) is 11.9. The fraction of sp³-hybridized carbons (Fsp3) is 0.455. The van der Waals surface area contributed by atoms with Crippen molar-refractivity contribution in [2.24, 2.45) is 5.73 Å². The maximum absolute atomic E-state index is 13.9. The highest BCUT2D eigenvalue weighted by Gasteiger charge is 2.47. The van der Waals surface area contributed by atoms with Crippen LogP contribution in [0.2, 0.25) is 0 Å². The number of ether oxygens (including phenoxy) is 1. The van der Waals surface area contributed by atoms with E-state index in [9.17, 15) is 8.78 Å². The van der Waals surface area contributed by atoms with Gasteiger partial charge in [-0.3, -0.25) is 0 Å². The highest BCUT2D eigenvalue weighted by molar-refractivity contribution is 5.38. The summed E-state index contributed by atoms with van der Waals surface area (Å²) >= 11 is 0. The third kappa shape index (κ3) is 2.09. The summed E-state index contributed by atoms with van der Waals surface area (Å²) in [4.78, 5) is 0. The maximum Gasteiger partial charge on any atom is 0.293 e. The first-order chi connectivity index (χ1) is 6.80. The number of halogens is 2. The third-order valence-corrected chi connectivity index (χ3v) is 2.25. The van der Waals surface area contributed by atoms with Gasteiger partial charge in [0.15, 0.2) is 0 Å². The van der Waals surface area contributed by atoms with E-state index in [0.717, 1.165) is 0 Å². The normalized spacial score (nSPS) is 12.7. The van der Waals surface area contributed by atoms with Crippen LogP contribution in [0.5, 0.6) is 5.75 Å². The van der Waals surface area contributed by atoms with E-state index in [-0.39, 0.29) is 11.3 Å². The standard InChI is InChI=1S/C11H15F2NO/c1-10(2,14)11(12,13)8-6-4-5-7-9(8)15-3/h4-7H,14H2,1-3H3. The molecule has 0 amide bonds. The highest BCUT2D eigenvalue weighted by Crippen LogP contribution is 2.41. The largest absolute Gasteiger partial charge is 0.496 e. The van der Waals surface area contributed by atoms with Crippen LogP contribution in [0.1, 0.15) is 19.4 Å². The van der Waals surface area contributed by atoms with Gasteiger partial charge in [0.1, 0.15) is 5.75 Å². The fourth-order valence-electron chi connectivity index (χ4n) is 1.25. The molecule has 2 N–H and O–H groups in total. The Morgan fingerprint density at radius 1 is 1.20 bits per heavy atom. The lowest BCUT2D eigenvalue weighted by atomic mass is 9.90. The summed E-state index contributed by atoms with van der Waals surface area (Å²) < 4.78 is 32.7. The lowest BCUT2D eigenvalue weighted by Crippen LogP contribution is -2.48. The second kappa shape index (κ2) is 3.77. The van der Waals surface area contributed by atoms with E-state index in [4.69, 9.17) is 10.5 Å². The SMILES string of the molecule is COc1ccccc1C(F)(F)C(C)(C)N. The number of methoxy groups -OCH3 is 1. The number of para-hydroxylation sites is 1. The van der Waals surface area contributed by atoms with Crippen molar-refractivity contribution in [2.45, 2.75) is 25.3 Å². The van der Waals surface area contributed by atoms with Gasteiger partial charge >= 0.3 is 0 Å². The van der Waals surface area contributed by atoms with Crippen LogP contribution in [0.15, 0.2) is 24.3 Å². The molecule has 0 saturated heterocycles. The van der Waals surface area contributed by atoms with Crippen molar-refractivity contribution in [1.29, 1.82) is 0 Å². The monoisotopic (exact) mass is 215 g/mol. The van der Waals surface area contributed by atoms with E-state index in [2.05, 4.69) is 0 Å². The maximum atomic E-state index is 13.9. The molecule has 0 aromatic heterocycles. The average molecular weight is 215 g/mol. The number of rotatable bonds is 3. The van der Waals surface area contributed by atoms with Crippen molar-refractivity contribution in [3.05, 3.63) is 29.8 Å². The van der Waals surface area contributed by atoms with Gasteiger partial charge in [-0.25, -0.2) is 0 Å². The minimum absolute atomic E-state index is 0.154. The van der Waals surface area contributed by atoms with Crippen molar-refractivity contribution in [3.63, 3.8) is 0 Å². The van der Waals surface area contributed by atoms with Gasteiger partial charge in [0.2, 0.25) is 0 Å². The van der Waals surface area contributed by atoms with E-state index in [1.54, 1.807) is 6.07 Å². The Morgan fingerprint density at radius 2 is 1.73 bits per heavy atom. The zero-order valence-electron chi connectivity index (χ0n) is 9.05. The predicted molar refractivity (Wildman–Crippen MR) is 55.2 cm³/mol. The van der Waals surface area contributed by atoms with Crippen LogP contribution >= 0.6 is 0 Å². The van der Waals surface area contributed by atoms with Crippen LogP contribution < -0.4 is 10.5 Å². The van der Waals surface area contributed by atoms with Gasteiger partial charge in [0.05, 0.1) is 18.2 Å². The molecule has 0 unspecified atom stereocenters. The van der Waals surface area contributed by atoms with Gasteiger partial charge in [-0.1, -0.05) is 12.1 Å². The van der Waals surface area contributed by atoms with E-state index in [0.29, 0.717) is 0 Å². The highest BCUT2D eigenvalue weighted by atomic mass is 19.3. The van der Waals surface area contributed by atoms with Gasteiger partial charge < -0.3 is 10.5 Å². The van der Waals surface area contributed by atoms with Crippen LogP contribution in [-0.2, 0) is 5.92 Å². The summed E-state index contributed by atoms with van der Waals surface area (Å²) in [5.74, 6) is -2.97. The average Bonchev–Trinajstić information content (AvgIpc) is 2.16. The lowest BCUT2D eigenvalue weighted by molar-refractivity contribution is -0.0688. The number of hydrogen-bond donors (Lipinski definition) is 1. The summed E-state index contributed by atoms with van der Waals surface area (Å²) in [6, 6.07) is 6.00. The molecule has 1 aromatic carbocycles. The Labute approximate surface area is 88.0 Å². The molecule has 0 saturated carbocycles. The molecule has 1 rings (SSSR count). The fourth-order valence-corrected chi connectivity index (χ4v) is 1.25. The molecule has 0 atom stereocenters. The smallest absolute Gasteiger partial charge is 0.293 e. The van der Waals surface area contributed by atoms with Crippen molar-refractivity contribution in [2.75, 3.05) is 7.11 Å². The van der Waals surface area contributed by atoms with Gasteiger partial charge in [-0.05, 0) is 26.0 Å². The Kier molecular flexibility index (Phi) is 3.00. The van der Waals surface area contributed by atoms with Gasteiger partial charge in [-0.15, -0.1) is 0 Å². The predicted octanol–water partition coefficient (Wildman–Crippen LogP) is 2.52. The van der Waals surface area contributed by atoms with Crippen molar-refractivity contribution in [1.82, 2.24) is 0 Å². The van der Waals surface area contributed by atoms with Crippen molar-refractivity contribution < 1.29 is 13.5 Å². The Balaban J connectivity index is 3.26. The second-order valence-corrected chi connectivity index (χ2v) is 4.00. The van der Waals surface area contributed by atoms with Crippen LogP contribution in [0.4, 0.5) is 8.78 Å². The van der Waals surface area contributed by atoms with Crippen LogP contribution in [0.3, 0.4) is 0 Å². The Bertz CT molecular complexity index is 345. The first-order valence-electron chi connectivity index (χ1n) is 4.61. The van der Waals surface area contributed by atoms with Crippen LogP contribution in [-0.4, -0.2) is 12.6 Å². The number of benzene rings is 1. The Morgan fingerprint density at radius 3 is 2.20 bits per heavy atom. The van der Waals surface area contributed by atoms with Gasteiger partial charge in [0.25, 0.3) is 5.92 Å². The lowest BCUT2D eigenvalue weighted by Gasteiger charge is -2.31. The summed E-state index contributed by atoms with van der Waals surface area (Å²) in [6.45, 7) is 2.58. The van der Waals surface area contributed by atoms with Gasteiger partial charge in [0, 0.05) is 0 Å². The van der Waals surface area contributed by atoms with Crippen LogP contribution in [0.25, 0.3) is 0 Å². The topological polar surface area (TPSA) is 35.2 Å². The molecular formula is C11H15F2NO. The van der Waals surface area contributed by atoms with Crippen LogP contribution in [0, 0.1) is 0 Å². The summed E-state index contributed by atoms with van der Waals surface area (Å²) in [6.07, 6.45) is 0. The molecule has 0 aliphatic carbocycles. The molecule has 0 radical (unpaired) electrons. The molecule has 84 valence electrons. The van der Waals surface area contributed by atoms with E-state index >= 15 is 0 Å². The molecule has 15 heavy (non-hydrogen) atoms. The summed E-state index contributed by atoms with van der Waals surface area (Å²) in [5.41, 5.74) is 3.66. The number of hydrogen-bond acceptors (Lipinski definition) is 2. The third-order valence-electron chi connectivity index (χ3n) is 2.25. The summed E-state index contributed by atoms with van der Waals surface area (Å²) in [5, 5.41) is 0. The second-order valence-electron chi connectivity index (χ2n) is 4.00. The molecule has 4 heteroatoms. The molecular weight excluding hydrogens is 200 g/mol. The minimum Gasteiger partial charge on any atom is -0.496 e. The minimum atomic E-state index is -3.13. The van der Waals surface area contributed by atoms with Crippen molar-refractivity contribution in [3.8, 4) is 5.75 Å². The molecule has 0 fully saturated rings. The quantitative estimate of drug-likeness (QED) is 0.840. The molecule has 0 bridgehead atoms. The zero-order chi connectivity index (χ0) is 11.7. The van der Waals surface area contributed by atoms with E-state index in [1.165, 1.54) is 39.2 Å². The molecule has 0 spiro atoms. The van der Waals surface area contributed by atoms with Gasteiger partial charge in [-0.2, -0.15) is 8.78 Å². The zero-order valence-corrected chi connectivity index (χ0v) is 9.05. The molecule has 2 nitrogen and oxygen atoms in total. The summed E-state index contributed by atoms with van der Waals surface area (Å²) in [7, 11) is 1.36. The Hall–Kier alpha value is -1.16.